The van der Waals surface area contributed by atoms with Crippen LogP contribution in [0.3, 0.4) is 0 Å². The Bertz CT molecular complexity index is 1430. The Morgan fingerprint density at radius 2 is 1.00 bits per heavy atom. The molecule has 0 bridgehead atoms. The predicted octanol–water partition coefficient (Wildman–Crippen LogP) is 12.1. The molecule has 0 unspecified atom stereocenters. The van der Waals surface area contributed by atoms with Crippen LogP contribution in [0.25, 0.3) is 12.2 Å². The molecule has 240 valence electrons. The second-order valence-corrected chi connectivity index (χ2v) is 15.7. The molecule has 0 spiro atoms. The summed E-state index contributed by atoms with van der Waals surface area (Å²) in [7, 11) is 0. The van der Waals surface area contributed by atoms with Crippen molar-refractivity contribution in [3.8, 4) is 0 Å². The van der Waals surface area contributed by atoms with E-state index in [4.69, 9.17) is 0 Å². The number of hydrogen-bond donors (Lipinski definition) is 0. The zero-order chi connectivity index (χ0) is 31.0. The third-order valence-electron chi connectivity index (χ3n) is 7.87. The minimum Gasteiger partial charge on any atom is -0.358 e. The maximum Gasteiger partial charge on any atom is 0 e. The zero-order valence-electron chi connectivity index (χ0n) is 30.4. The van der Waals surface area contributed by atoms with Crippen LogP contribution in [0.5, 0.6) is 0 Å². The average molecular weight is 666 g/mol. The van der Waals surface area contributed by atoms with Crippen LogP contribution in [0.2, 0.25) is 0 Å². The van der Waals surface area contributed by atoms with Gasteiger partial charge in [0.05, 0.1) is 0 Å². The topological polar surface area (TPSA) is 0 Å². The maximum absolute atomic E-state index is 4.49. The zero-order valence-corrected chi connectivity index (χ0v) is 32.9. The van der Waals surface area contributed by atoms with Crippen molar-refractivity contribution in [1.82, 2.24) is 0 Å². The molecule has 0 aromatic heterocycles. The average Bonchev–Trinajstić information content (AvgIpc) is 2.82. The molecule has 1 heteroatoms. The second kappa shape index (κ2) is 15.4. The van der Waals surface area contributed by atoms with Crippen molar-refractivity contribution in [3.63, 3.8) is 0 Å². The Hall–Kier alpha value is -2.24. The van der Waals surface area contributed by atoms with Crippen molar-refractivity contribution in [1.29, 1.82) is 0 Å². The normalized spacial score (nSPS) is 12.5. The first-order valence-corrected chi connectivity index (χ1v) is 15.0. The van der Waals surface area contributed by atoms with Gasteiger partial charge in [-0.2, -0.15) is 24.1 Å². The van der Waals surface area contributed by atoms with Gasteiger partial charge in [-0.25, -0.2) is 18.6 Å². The fourth-order valence-corrected chi connectivity index (χ4v) is 5.09. The van der Waals surface area contributed by atoms with Gasteiger partial charge in [-0.05, 0) is 10.8 Å². The number of rotatable bonds is 5. The molecule has 0 saturated carbocycles. The Labute approximate surface area is 293 Å². The summed E-state index contributed by atoms with van der Waals surface area (Å²) in [6.07, 6.45) is 12.2. The van der Waals surface area contributed by atoms with Gasteiger partial charge in [-0.15, -0.1) is 82.8 Å². The van der Waals surface area contributed by atoms with Gasteiger partial charge in [0.1, 0.15) is 0 Å². The van der Waals surface area contributed by atoms with E-state index in [0.29, 0.717) is 6.42 Å². The quantitative estimate of drug-likeness (QED) is 0.188. The van der Waals surface area contributed by atoms with Crippen LogP contribution in [0.1, 0.15) is 139 Å². The smallest absolute Gasteiger partial charge is 0 e. The van der Waals surface area contributed by atoms with E-state index in [0.717, 1.165) is 27.8 Å². The van der Waals surface area contributed by atoms with Crippen molar-refractivity contribution in [2.45, 2.75) is 111 Å². The molecule has 0 heterocycles. The number of allylic oxidation sites excluding steroid dienone is 1. The minimum atomic E-state index is 0. The Morgan fingerprint density at radius 3 is 1.41 bits per heavy atom. The molecule has 0 aliphatic carbocycles. The summed E-state index contributed by atoms with van der Waals surface area (Å²) in [6, 6.07) is 17.7. The molecule has 3 rings (SSSR count). The van der Waals surface area contributed by atoms with E-state index < -0.39 is 0 Å². The predicted molar refractivity (Wildman–Crippen MR) is 194 cm³/mol. The number of hydrogen-bond acceptors (Lipinski definition) is 0. The van der Waals surface area contributed by atoms with Crippen LogP contribution in [0.15, 0.2) is 48.5 Å². The Morgan fingerprint density at radius 1 is 0.591 bits per heavy atom. The standard InChI is InChI=1S/C41H52.2CH3.Zr/c1-28-32(24-34(38(3,4)5)26-36(28)40(9,10)11)21-17-20-30-18-15-16-19-31(30)22-23-33-25-35(39(6,7)8)27-37(29(33)2)41(12,13)14;;;/h15-16,18-19,21,23-27H,1-2,20H2,3-14H3;2*1H3;/q-4;2*-1;. The fourth-order valence-electron chi connectivity index (χ4n) is 5.09. The van der Waals surface area contributed by atoms with Crippen LogP contribution in [-0.2, 0) is 54.3 Å². The first-order valence-electron chi connectivity index (χ1n) is 15.0. The SMILES string of the molecule is [CH2-]c1c(C=[C-]Cc2ccccc2[C-]=Cc2cc(C(C)(C)C)cc(C(C)(C)C)c2[CH2-])cc(C(C)(C)C)cc1C(C)(C)C.[CH3-].[CH3-].[Zr]. The molecule has 0 nitrogen and oxygen atoms in total. The molecule has 0 aliphatic heterocycles. The maximum atomic E-state index is 4.49. The van der Waals surface area contributed by atoms with E-state index >= 15 is 0 Å². The van der Waals surface area contributed by atoms with Crippen molar-refractivity contribution < 1.29 is 26.2 Å². The molecule has 0 radical (unpaired) electrons. The Kier molecular flexibility index (Phi) is 14.6. The van der Waals surface area contributed by atoms with Crippen LogP contribution in [0.4, 0.5) is 0 Å². The van der Waals surface area contributed by atoms with E-state index in [1.165, 1.54) is 27.8 Å². The van der Waals surface area contributed by atoms with Gasteiger partial charge in [0, 0.05) is 26.2 Å². The molecule has 0 aliphatic rings. The number of benzene rings is 3. The van der Waals surface area contributed by atoms with Crippen LogP contribution < -0.4 is 0 Å². The van der Waals surface area contributed by atoms with Crippen LogP contribution in [-0.4, -0.2) is 0 Å². The van der Waals surface area contributed by atoms with Gasteiger partial charge in [0.2, 0.25) is 0 Å². The van der Waals surface area contributed by atoms with Crippen molar-refractivity contribution >= 4 is 12.2 Å². The molecule has 0 N–H and O–H groups in total. The summed E-state index contributed by atoms with van der Waals surface area (Å²) in [5.41, 5.74) is 12.1. The third kappa shape index (κ3) is 10.4. The summed E-state index contributed by atoms with van der Waals surface area (Å²) < 4.78 is 0. The van der Waals surface area contributed by atoms with Gasteiger partial charge in [0.25, 0.3) is 0 Å². The molecule has 3 aromatic carbocycles. The van der Waals surface area contributed by atoms with Crippen LogP contribution >= 0.6 is 0 Å². The summed E-state index contributed by atoms with van der Waals surface area (Å²) in [4.78, 5) is 0. The van der Waals surface area contributed by atoms with Gasteiger partial charge < -0.3 is 14.9 Å². The Balaban J connectivity index is 0.00000616. The molecular formula is C43H58Zr-6. The summed E-state index contributed by atoms with van der Waals surface area (Å²) in [5.74, 6) is 0. The van der Waals surface area contributed by atoms with E-state index in [2.05, 4.69) is 170 Å². The summed E-state index contributed by atoms with van der Waals surface area (Å²) in [5, 5.41) is 0. The van der Waals surface area contributed by atoms with Gasteiger partial charge in [-0.3, -0.25) is 6.08 Å². The molecule has 44 heavy (non-hydrogen) atoms. The van der Waals surface area contributed by atoms with Crippen LogP contribution in [0, 0.1) is 40.9 Å². The minimum absolute atomic E-state index is 0. The molecule has 3 aromatic rings. The third-order valence-corrected chi connectivity index (χ3v) is 7.87. The fraction of sp³-hybridized carbons (Fsp3) is 0.395. The van der Waals surface area contributed by atoms with Crippen molar-refractivity contribution in [2.24, 2.45) is 0 Å². The molecule has 0 fully saturated rings. The van der Waals surface area contributed by atoms with Gasteiger partial charge in [0.15, 0.2) is 0 Å². The molecule has 0 atom stereocenters. The van der Waals surface area contributed by atoms with Gasteiger partial charge >= 0.3 is 0 Å². The van der Waals surface area contributed by atoms with E-state index in [-0.39, 0.29) is 62.7 Å². The molecular weight excluding hydrogens is 608 g/mol. The van der Waals surface area contributed by atoms with Crippen molar-refractivity contribution in [2.75, 3.05) is 0 Å². The monoisotopic (exact) mass is 664 g/mol. The summed E-state index contributed by atoms with van der Waals surface area (Å²) >= 11 is 0. The van der Waals surface area contributed by atoms with Gasteiger partial charge in [-0.1, -0.05) is 111 Å². The van der Waals surface area contributed by atoms with E-state index in [1.807, 2.05) is 0 Å². The molecule has 0 amide bonds. The summed E-state index contributed by atoms with van der Waals surface area (Å²) in [6.45, 7) is 36.2. The first-order chi connectivity index (χ1) is 18.7. The molecule has 0 saturated heterocycles. The van der Waals surface area contributed by atoms with Crippen molar-refractivity contribution in [3.05, 3.63) is 145 Å². The van der Waals surface area contributed by atoms with E-state index in [1.54, 1.807) is 0 Å². The largest absolute Gasteiger partial charge is 0.358 e. The second-order valence-electron chi connectivity index (χ2n) is 15.7. The van der Waals surface area contributed by atoms with E-state index in [9.17, 15) is 0 Å². The first kappa shape index (κ1) is 41.8.